The molecule has 102 valence electrons. The molecule has 2 rings (SSSR count). The van der Waals surface area contributed by atoms with E-state index in [0.29, 0.717) is 11.7 Å². The highest BCUT2D eigenvalue weighted by molar-refractivity contribution is 5.72. The molecule has 0 amide bonds. The van der Waals surface area contributed by atoms with Gasteiger partial charge in [-0.05, 0) is 52.0 Å². The number of aromatic nitrogens is 2. The van der Waals surface area contributed by atoms with E-state index in [1.54, 1.807) is 0 Å². The molecule has 0 saturated carbocycles. The minimum Gasteiger partial charge on any atom is -0.491 e. The fourth-order valence-corrected chi connectivity index (χ4v) is 1.86. The van der Waals surface area contributed by atoms with E-state index >= 15 is 0 Å². The molecule has 2 aromatic rings. The molecule has 2 N–H and O–H groups in total. The van der Waals surface area contributed by atoms with Crippen LogP contribution in [0.15, 0.2) is 30.5 Å². The van der Waals surface area contributed by atoms with E-state index < -0.39 is 0 Å². The van der Waals surface area contributed by atoms with Gasteiger partial charge in [-0.15, -0.1) is 0 Å². The number of nitrogens with zero attached hydrogens (tertiary/aromatic N) is 2. The molecule has 0 spiro atoms. The highest BCUT2D eigenvalue weighted by atomic mass is 16.5. The second-order valence-corrected chi connectivity index (χ2v) is 5.20. The standard InChI is InChI=1S/C15H21N3O/c1-10(2)18-9-14(16)15(17-18)12-5-7-13(8-6-12)19-11(3)4/h5-11H,16H2,1-4H3. The summed E-state index contributed by atoms with van der Waals surface area (Å²) in [7, 11) is 0. The first kappa shape index (κ1) is 13.5. The van der Waals surface area contributed by atoms with Crippen molar-refractivity contribution in [2.75, 3.05) is 5.73 Å². The maximum Gasteiger partial charge on any atom is 0.119 e. The molecule has 0 radical (unpaired) electrons. The highest BCUT2D eigenvalue weighted by Gasteiger charge is 2.10. The highest BCUT2D eigenvalue weighted by Crippen LogP contribution is 2.27. The second kappa shape index (κ2) is 5.34. The Morgan fingerprint density at radius 2 is 1.74 bits per heavy atom. The van der Waals surface area contributed by atoms with Gasteiger partial charge in [-0.25, -0.2) is 0 Å². The van der Waals surface area contributed by atoms with Crippen molar-refractivity contribution < 1.29 is 4.74 Å². The first-order chi connectivity index (χ1) is 8.97. The maximum absolute atomic E-state index is 6.02. The van der Waals surface area contributed by atoms with Crippen LogP contribution in [0.3, 0.4) is 0 Å². The van der Waals surface area contributed by atoms with Crippen LogP contribution < -0.4 is 10.5 Å². The first-order valence-corrected chi connectivity index (χ1v) is 6.59. The molecule has 1 heterocycles. The van der Waals surface area contributed by atoms with Gasteiger partial charge in [0.05, 0.1) is 11.8 Å². The van der Waals surface area contributed by atoms with Gasteiger partial charge < -0.3 is 10.5 Å². The van der Waals surface area contributed by atoms with Crippen molar-refractivity contribution in [1.82, 2.24) is 9.78 Å². The number of nitrogen functional groups attached to an aromatic ring is 1. The van der Waals surface area contributed by atoms with Crippen LogP contribution in [0.4, 0.5) is 5.69 Å². The van der Waals surface area contributed by atoms with E-state index in [1.165, 1.54) is 0 Å². The molecule has 0 bridgehead atoms. The fraction of sp³-hybridized carbons (Fsp3) is 0.400. The summed E-state index contributed by atoms with van der Waals surface area (Å²) in [5.74, 6) is 0.862. The summed E-state index contributed by atoms with van der Waals surface area (Å²) in [6.07, 6.45) is 2.05. The van der Waals surface area contributed by atoms with Gasteiger partial charge in [0.15, 0.2) is 0 Å². The first-order valence-electron chi connectivity index (χ1n) is 6.59. The minimum atomic E-state index is 0.177. The predicted octanol–water partition coefficient (Wildman–Crippen LogP) is 3.50. The normalized spacial score (nSPS) is 11.3. The molecule has 0 fully saturated rings. The molecule has 1 aromatic carbocycles. The number of benzene rings is 1. The third-order valence-corrected chi connectivity index (χ3v) is 2.79. The molecule has 0 aliphatic carbocycles. The SMILES string of the molecule is CC(C)Oc1ccc(-c2nn(C(C)C)cc2N)cc1. The summed E-state index contributed by atoms with van der Waals surface area (Å²) >= 11 is 0. The quantitative estimate of drug-likeness (QED) is 0.914. The summed E-state index contributed by atoms with van der Waals surface area (Å²) in [6.45, 7) is 8.18. The van der Waals surface area contributed by atoms with Crippen molar-refractivity contribution in [2.45, 2.75) is 39.8 Å². The fourth-order valence-electron chi connectivity index (χ4n) is 1.86. The summed E-state index contributed by atoms with van der Waals surface area (Å²) in [6, 6.07) is 8.17. The van der Waals surface area contributed by atoms with Gasteiger partial charge in [0.25, 0.3) is 0 Å². The molecule has 0 aliphatic heterocycles. The third-order valence-electron chi connectivity index (χ3n) is 2.79. The second-order valence-electron chi connectivity index (χ2n) is 5.20. The van der Waals surface area contributed by atoms with Gasteiger partial charge in [-0.2, -0.15) is 5.10 Å². The van der Waals surface area contributed by atoms with Crippen LogP contribution in [-0.2, 0) is 0 Å². The number of nitrogens with two attached hydrogens (primary N) is 1. The molecule has 0 atom stereocenters. The topological polar surface area (TPSA) is 53.1 Å². The molecule has 4 heteroatoms. The van der Waals surface area contributed by atoms with Crippen LogP contribution >= 0.6 is 0 Å². The average molecular weight is 259 g/mol. The molecule has 0 unspecified atom stereocenters. The van der Waals surface area contributed by atoms with Crippen molar-refractivity contribution in [3.63, 3.8) is 0 Å². The zero-order chi connectivity index (χ0) is 14.0. The number of rotatable bonds is 4. The lowest BCUT2D eigenvalue weighted by Gasteiger charge is -2.09. The number of ether oxygens (including phenoxy) is 1. The molecule has 4 nitrogen and oxygen atoms in total. The van der Waals surface area contributed by atoms with Crippen molar-refractivity contribution in [3.8, 4) is 17.0 Å². The Balaban J connectivity index is 2.27. The van der Waals surface area contributed by atoms with Gasteiger partial charge in [0.2, 0.25) is 0 Å². The number of hydrogen-bond donors (Lipinski definition) is 1. The minimum absolute atomic E-state index is 0.177. The third kappa shape index (κ3) is 3.08. The number of anilines is 1. The van der Waals surface area contributed by atoms with E-state index in [0.717, 1.165) is 17.0 Å². The molecule has 0 aliphatic rings. The summed E-state index contributed by atoms with van der Waals surface area (Å²) < 4.78 is 7.50. The van der Waals surface area contributed by atoms with Crippen molar-refractivity contribution in [2.24, 2.45) is 0 Å². The zero-order valence-corrected chi connectivity index (χ0v) is 11.9. The molecular weight excluding hydrogens is 238 g/mol. The average Bonchev–Trinajstić information content (AvgIpc) is 2.72. The largest absolute Gasteiger partial charge is 0.491 e. The Bertz CT molecular complexity index is 541. The summed E-state index contributed by atoms with van der Waals surface area (Å²) in [4.78, 5) is 0. The van der Waals surface area contributed by atoms with E-state index in [9.17, 15) is 0 Å². The Hall–Kier alpha value is -1.97. The zero-order valence-electron chi connectivity index (χ0n) is 11.9. The van der Waals surface area contributed by atoms with Crippen molar-refractivity contribution in [3.05, 3.63) is 30.5 Å². The smallest absolute Gasteiger partial charge is 0.119 e. The summed E-state index contributed by atoms with van der Waals surface area (Å²) in [5, 5.41) is 4.52. The number of hydrogen-bond acceptors (Lipinski definition) is 3. The van der Waals surface area contributed by atoms with Crippen LogP contribution in [0.2, 0.25) is 0 Å². The Kier molecular flexibility index (Phi) is 3.79. The molecule has 1 aromatic heterocycles. The monoisotopic (exact) mass is 259 g/mol. The van der Waals surface area contributed by atoms with Crippen LogP contribution in [0.25, 0.3) is 11.3 Å². The van der Waals surface area contributed by atoms with Crippen molar-refractivity contribution >= 4 is 5.69 Å². The van der Waals surface area contributed by atoms with Gasteiger partial charge in [-0.1, -0.05) is 0 Å². The lowest BCUT2D eigenvalue weighted by molar-refractivity contribution is 0.242. The molecule has 0 saturated heterocycles. The van der Waals surface area contributed by atoms with E-state index in [-0.39, 0.29) is 6.10 Å². The Labute approximate surface area is 114 Å². The van der Waals surface area contributed by atoms with E-state index in [2.05, 4.69) is 18.9 Å². The van der Waals surface area contributed by atoms with Crippen LogP contribution in [0.5, 0.6) is 5.75 Å². The van der Waals surface area contributed by atoms with Crippen LogP contribution in [0.1, 0.15) is 33.7 Å². The maximum atomic E-state index is 6.02. The lowest BCUT2D eigenvalue weighted by Crippen LogP contribution is -2.05. The van der Waals surface area contributed by atoms with Crippen LogP contribution in [-0.4, -0.2) is 15.9 Å². The Morgan fingerprint density at radius 3 is 2.21 bits per heavy atom. The lowest BCUT2D eigenvalue weighted by atomic mass is 10.1. The van der Waals surface area contributed by atoms with Crippen molar-refractivity contribution in [1.29, 1.82) is 0 Å². The molecule has 19 heavy (non-hydrogen) atoms. The van der Waals surface area contributed by atoms with Gasteiger partial charge >= 0.3 is 0 Å². The van der Waals surface area contributed by atoms with Gasteiger partial charge in [-0.3, -0.25) is 4.68 Å². The Morgan fingerprint density at radius 1 is 1.11 bits per heavy atom. The predicted molar refractivity (Wildman–Crippen MR) is 78.2 cm³/mol. The van der Waals surface area contributed by atoms with E-state index in [1.807, 2.05) is 49.0 Å². The van der Waals surface area contributed by atoms with Gasteiger partial charge in [0, 0.05) is 17.8 Å². The molecular formula is C15H21N3O. The van der Waals surface area contributed by atoms with Crippen LogP contribution in [0, 0.1) is 0 Å². The van der Waals surface area contributed by atoms with E-state index in [4.69, 9.17) is 10.5 Å². The summed E-state index contributed by atoms with van der Waals surface area (Å²) in [5.41, 5.74) is 8.55. The van der Waals surface area contributed by atoms with Gasteiger partial charge in [0.1, 0.15) is 11.4 Å².